The molecule has 0 radical (unpaired) electrons. The number of phenolic OH excluding ortho intramolecular Hbond substituents is 2. The van der Waals surface area contributed by atoms with Gasteiger partial charge < -0.3 is 15.9 Å². The van der Waals surface area contributed by atoms with Crippen molar-refractivity contribution in [3.8, 4) is 23.6 Å². The highest BCUT2D eigenvalue weighted by atomic mass is 19.1. The summed E-state index contributed by atoms with van der Waals surface area (Å²) in [6, 6.07) is 6.15. The van der Waals surface area contributed by atoms with Gasteiger partial charge in [0.25, 0.3) is 0 Å². The summed E-state index contributed by atoms with van der Waals surface area (Å²) in [5, 5.41) is 44.6. The molecule has 0 aromatic heterocycles. The molecule has 2 rings (SSSR count). The molecule has 2 aromatic rings. The highest BCUT2D eigenvalue weighted by Gasteiger charge is 2.17. The van der Waals surface area contributed by atoms with Gasteiger partial charge in [0.15, 0.2) is 5.75 Å². The lowest BCUT2D eigenvalue weighted by molar-refractivity contribution is -0.385. The first-order valence-electron chi connectivity index (χ1n) is 5.96. The Morgan fingerprint density at radius 1 is 1.00 bits per heavy atom. The van der Waals surface area contributed by atoms with Gasteiger partial charge in [0, 0.05) is 18.2 Å². The van der Waals surface area contributed by atoms with Crippen molar-refractivity contribution in [2.24, 2.45) is 0 Å². The van der Waals surface area contributed by atoms with Crippen LogP contribution in [0.5, 0.6) is 11.5 Å². The van der Waals surface area contributed by atoms with Crippen LogP contribution in [-0.2, 0) is 0 Å². The molecular formula is C14H8F2N4O4. The summed E-state index contributed by atoms with van der Waals surface area (Å²) < 4.78 is 25.3. The summed E-state index contributed by atoms with van der Waals surface area (Å²) in [6.07, 6.45) is 0. The molecule has 0 heterocycles. The van der Waals surface area contributed by atoms with E-state index in [1.807, 2.05) is 0 Å². The number of hydrogen-bond acceptors (Lipinski definition) is 7. The number of aromatic hydroxyl groups is 2. The lowest BCUT2D eigenvalue weighted by atomic mass is 10.2. The molecule has 10 heteroatoms. The van der Waals surface area contributed by atoms with Gasteiger partial charge in [0.1, 0.15) is 29.5 Å². The Hall–Kier alpha value is -3.92. The Morgan fingerprint density at radius 2 is 1.46 bits per heavy atom. The second-order valence-corrected chi connectivity index (χ2v) is 4.19. The number of nitro benzene ring substituents is 1. The van der Waals surface area contributed by atoms with Gasteiger partial charge in [0.05, 0.1) is 21.7 Å². The summed E-state index contributed by atoms with van der Waals surface area (Å²) in [5.74, 6) is -2.88. The van der Waals surface area contributed by atoms with Crippen LogP contribution in [0.1, 0.15) is 11.1 Å². The Kier molecular flexibility index (Phi) is 5.57. The molecular weight excluding hydrogens is 326 g/mol. The van der Waals surface area contributed by atoms with E-state index in [1.165, 1.54) is 6.07 Å². The first kappa shape index (κ1) is 18.1. The molecule has 0 aliphatic rings. The van der Waals surface area contributed by atoms with Gasteiger partial charge in [0.2, 0.25) is 0 Å². The summed E-state index contributed by atoms with van der Waals surface area (Å²) >= 11 is 0. The number of halogens is 2. The van der Waals surface area contributed by atoms with Crippen LogP contribution < -0.4 is 5.73 Å². The van der Waals surface area contributed by atoms with Gasteiger partial charge in [-0.2, -0.15) is 10.5 Å². The largest absolute Gasteiger partial charge is 0.506 e. The summed E-state index contributed by atoms with van der Waals surface area (Å²) in [6.45, 7) is 0. The average Bonchev–Trinajstić information content (AvgIpc) is 2.51. The average molecular weight is 334 g/mol. The predicted molar refractivity (Wildman–Crippen MR) is 76.6 cm³/mol. The number of hydrogen-bond donors (Lipinski definition) is 3. The van der Waals surface area contributed by atoms with Crippen molar-refractivity contribution in [1.29, 1.82) is 10.5 Å². The molecule has 0 bridgehead atoms. The number of nitrogens with zero attached hydrogens (tertiary/aromatic N) is 3. The molecule has 2 aromatic carbocycles. The minimum absolute atomic E-state index is 0.00273. The third kappa shape index (κ3) is 4.05. The van der Waals surface area contributed by atoms with E-state index < -0.39 is 33.6 Å². The smallest absolute Gasteiger partial charge is 0.312 e. The standard InChI is InChI=1S/C7H3FN2O3.C7H5FN2O/c8-5-2-7(11)6(10(12)13)1-4(5)3-9;8-5-2-7(11)6(10)1-4(5)3-9/h1-2,11H;1-2,11H,10H2. The number of nitriles is 2. The van der Waals surface area contributed by atoms with Crippen LogP contribution in [0, 0.1) is 44.4 Å². The number of nitro groups is 1. The van der Waals surface area contributed by atoms with Crippen LogP contribution in [-0.4, -0.2) is 15.1 Å². The zero-order chi connectivity index (χ0) is 18.4. The second kappa shape index (κ2) is 7.38. The molecule has 0 aliphatic carbocycles. The molecule has 0 saturated carbocycles. The van der Waals surface area contributed by atoms with E-state index in [9.17, 15) is 18.9 Å². The van der Waals surface area contributed by atoms with E-state index in [0.717, 1.165) is 12.1 Å². The number of benzene rings is 2. The van der Waals surface area contributed by atoms with E-state index in [2.05, 4.69) is 0 Å². The Morgan fingerprint density at radius 3 is 1.92 bits per heavy atom. The van der Waals surface area contributed by atoms with Crippen LogP contribution in [0.15, 0.2) is 24.3 Å². The minimum atomic E-state index is -0.981. The molecule has 0 atom stereocenters. The van der Waals surface area contributed by atoms with E-state index in [4.69, 9.17) is 26.5 Å². The van der Waals surface area contributed by atoms with Crippen LogP contribution in [0.25, 0.3) is 0 Å². The van der Waals surface area contributed by atoms with E-state index >= 15 is 0 Å². The number of nitrogen functional groups attached to an aromatic ring is 1. The van der Waals surface area contributed by atoms with Crippen molar-refractivity contribution in [3.63, 3.8) is 0 Å². The molecule has 0 unspecified atom stereocenters. The quantitative estimate of drug-likeness (QED) is 0.312. The fraction of sp³-hybridized carbons (Fsp3) is 0. The Labute approximate surface area is 133 Å². The maximum atomic E-state index is 12.7. The van der Waals surface area contributed by atoms with Crippen molar-refractivity contribution in [3.05, 3.63) is 57.1 Å². The third-order valence-electron chi connectivity index (χ3n) is 2.62. The van der Waals surface area contributed by atoms with Gasteiger partial charge in [-0.3, -0.25) is 10.1 Å². The van der Waals surface area contributed by atoms with Gasteiger partial charge in [-0.05, 0) is 6.07 Å². The fourth-order valence-electron chi connectivity index (χ4n) is 1.45. The SMILES string of the molecule is N#Cc1cc(N)c(O)cc1F.N#Cc1cc([N+](=O)[O-])c(O)cc1F. The van der Waals surface area contributed by atoms with Gasteiger partial charge >= 0.3 is 5.69 Å². The van der Waals surface area contributed by atoms with Gasteiger partial charge in [-0.25, -0.2) is 8.78 Å². The van der Waals surface area contributed by atoms with E-state index in [-0.39, 0.29) is 17.0 Å². The molecule has 0 fully saturated rings. The van der Waals surface area contributed by atoms with Gasteiger partial charge in [-0.15, -0.1) is 0 Å². The lowest BCUT2D eigenvalue weighted by Crippen LogP contribution is -1.92. The molecule has 0 aliphatic heterocycles. The molecule has 0 spiro atoms. The van der Waals surface area contributed by atoms with Crippen molar-refractivity contribution < 1.29 is 23.9 Å². The molecule has 24 heavy (non-hydrogen) atoms. The number of rotatable bonds is 1. The van der Waals surface area contributed by atoms with Crippen LogP contribution >= 0.6 is 0 Å². The van der Waals surface area contributed by atoms with E-state index in [1.54, 1.807) is 6.07 Å². The normalized spacial score (nSPS) is 9.17. The minimum Gasteiger partial charge on any atom is -0.506 e. The third-order valence-corrected chi connectivity index (χ3v) is 2.62. The van der Waals surface area contributed by atoms with Gasteiger partial charge in [-0.1, -0.05) is 0 Å². The monoisotopic (exact) mass is 334 g/mol. The van der Waals surface area contributed by atoms with E-state index in [0.29, 0.717) is 12.1 Å². The highest BCUT2D eigenvalue weighted by molar-refractivity contribution is 5.56. The second-order valence-electron chi connectivity index (χ2n) is 4.19. The fourth-order valence-corrected chi connectivity index (χ4v) is 1.45. The van der Waals surface area contributed by atoms with Crippen molar-refractivity contribution >= 4 is 11.4 Å². The topological polar surface area (TPSA) is 157 Å². The first-order valence-corrected chi connectivity index (χ1v) is 5.96. The zero-order valence-electron chi connectivity index (χ0n) is 11.7. The van der Waals surface area contributed by atoms with Crippen LogP contribution in [0.4, 0.5) is 20.2 Å². The Bertz CT molecular complexity index is 888. The highest BCUT2D eigenvalue weighted by Crippen LogP contribution is 2.28. The first-order chi connectivity index (χ1) is 11.2. The Balaban J connectivity index is 0.000000243. The summed E-state index contributed by atoms with van der Waals surface area (Å²) in [4.78, 5) is 9.32. The van der Waals surface area contributed by atoms with Crippen LogP contribution in [0.3, 0.4) is 0 Å². The van der Waals surface area contributed by atoms with Crippen LogP contribution in [0.2, 0.25) is 0 Å². The number of nitrogens with two attached hydrogens (primary N) is 1. The molecule has 122 valence electrons. The maximum Gasteiger partial charge on any atom is 0.312 e. The molecule has 8 nitrogen and oxygen atoms in total. The molecule has 0 amide bonds. The summed E-state index contributed by atoms with van der Waals surface area (Å²) in [7, 11) is 0. The van der Waals surface area contributed by atoms with Crippen molar-refractivity contribution in [2.75, 3.05) is 5.73 Å². The number of anilines is 1. The zero-order valence-corrected chi connectivity index (χ0v) is 11.7. The lowest BCUT2D eigenvalue weighted by Gasteiger charge is -1.98. The van der Waals surface area contributed by atoms with Crippen molar-refractivity contribution in [2.45, 2.75) is 0 Å². The predicted octanol–water partition coefficient (Wildman–Crippen LogP) is 2.30. The molecule has 0 saturated heterocycles. The summed E-state index contributed by atoms with van der Waals surface area (Å²) in [5.41, 5.74) is 3.88. The maximum absolute atomic E-state index is 12.7. The van der Waals surface area contributed by atoms with Crippen molar-refractivity contribution in [1.82, 2.24) is 0 Å². The molecule has 4 N–H and O–H groups in total. The number of phenols is 2.